The van der Waals surface area contributed by atoms with Crippen LogP contribution >= 0.6 is 45.6 Å². The fourth-order valence-corrected chi connectivity index (χ4v) is 11.6. The number of hydrogen-bond acceptors (Lipinski definition) is 19. The zero-order chi connectivity index (χ0) is 23.3. The molecule has 37 heteroatoms. The van der Waals surface area contributed by atoms with E-state index in [1.165, 1.54) is 0 Å². The number of rotatable bonds is 9. The molecule has 0 atom stereocenters. The van der Waals surface area contributed by atoms with Gasteiger partial charge in [-0.15, -0.1) is 0 Å². The molecule has 0 aliphatic rings. The van der Waals surface area contributed by atoms with Gasteiger partial charge in [0.1, 0.15) is 0 Å². The smallest absolute Gasteiger partial charge is 0.344 e. The fourth-order valence-electron chi connectivity index (χ4n) is 1.99. The highest BCUT2D eigenvalue weighted by Crippen LogP contribution is 2.74. The molecule has 0 rings (SSSR count). The average molecular weight is 743 g/mol. The molecule has 0 unspecified atom stereocenters. The summed E-state index contributed by atoms with van der Waals surface area (Å²) in [6.07, 6.45) is 0. The molecule has 0 aromatic heterocycles. The van der Waals surface area contributed by atoms with Gasteiger partial charge in [0.15, 0.2) is 0 Å². The lowest BCUT2D eigenvalue weighted by atomic mass is 10.9. The van der Waals surface area contributed by atoms with E-state index in [0.717, 1.165) is 0 Å². The Bertz CT molecular complexity index is 706. The van der Waals surface area contributed by atoms with Crippen LogP contribution in [0.1, 0.15) is 0 Å². The van der Waals surface area contributed by atoms with Gasteiger partial charge in [-0.2, -0.15) is 0 Å². The molecule has 0 spiro atoms. The molecule has 0 aromatic rings. The molecule has 0 bridgehead atoms. The van der Waals surface area contributed by atoms with E-state index in [2.05, 4.69) is 0 Å². The van der Waals surface area contributed by atoms with Crippen molar-refractivity contribution < 1.29 is 86.1 Å². The standard InChI is InChI=1S/C3H15NO18P6.12H3N/c5-23(6,7)1(24(8,9)10)4(2(25(11,12)13)26(14,15)16)3(27(17,18)19)28(20,21)22;;;;;;;;;;;;/h1-3H,(H2,5,6,7)(H2,8,9,10)(H2,11,12,13)(H2,14,15,16)(H2,17,18,19)(H2,20,21,22);12*1H3. The van der Waals surface area contributed by atoms with E-state index in [1.807, 2.05) is 0 Å². The third-order valence-electron chi connectivity index (χ3n) is 2.61. The molecule has 0 saturated carbocycles. The van der Waals surface area contributed by atoms with Crippen LogP contribution in [0.3, 0.4) is 0 Å². The maximum atomic E-state index is 11.5. The van der Waals surface area contributed by atoms with Crippen molar-refractivity contribution in [3.63, 3.8) is 0 Å². The molecule has 0 amide bonds. The van der Waals surface area contributed by atoms with Crippen LogP contribution in [0.25, 0.3) is 0 Å². The Balaban J connectivity index is -0.0000000552. The highest BCUT2D eigenvalue weighted by molar-refractivity contribution is 7.74. The Kier molecular flexibility index (Phi) is 51.8. The van der Waals surface area contributed by atoms with Crippen LogP contribution < -0.4 is 73.8 Å². The summed E-state index contributed by atoms with van der Waals surface area (Å²) in [7, 11) is -39.3. The molecule has 40 heavy (non-hydrogen) atoms. The molecule has 0 radical (unpaired) electrons. The summed E-state index contributed by atoms with van der Waals surface area (Å²) in [5.74, 6) is 0. The van der Waals surface area contributed by atoms with Crippen LogP contribution in [0.4, 0.5) is 0 Å². The van der Waals surface area contributed by atoms with Crippen LogP contribution in [0, 0.1) is 0 Å². The van der Waals surface area contributed by atoms with Crippen LogP contribution in [-0.4, -0.2) is 80.2 Å². The summed E-state index contributed by atoms with van der Waals surface area (Å²) in [6.45, 7) is 0. The maximum absolute atomic E-state index is 11.5. The van der Waals surface area contributed by atoms with Gasteiger partial charge in [-0.3, -0.25) is 27.4 Å². The van der Waals surface area contributed by atoms with Crippen LogP contribution in [0.5, 0.6) is 0 Å². The van der Waals surface area contributed by atoms with Gasteiger partial charge < -0.3 is 133 Å². The van der Waals surface area contributed by atoms with Gasteiger partial charge in [-0.05, 0) is 0 Å². The van der Waals surface area contributed by atoms with Gasteiger partial charge in [-0.25, -0.2) is 4.90 Å². The largest absolute Gasteiger partial charge is 0.355 e. The normalized spacial score (nSPS) is 11.1. The maximum Gasteiger partial charge on any atom is 0.355 e. The summed E-state index contributed by atoms with van der Waals surface area (Å²) in [5.41, 5.74) is -12.5. The Morgan fingerprint density at radius 3 is 0.400 bits per heavy atom. The van der Waals surface area contributed by atoms with Gasteiger partial charge in [0.25, 0.3) is 0 Å². The van der Waals surface area contributed by atoms with Crippen LogP contribution in [0.15, 0.2) is 0 Å². The first-order valence-corrected chi connectivity index (χ1v) is 15.9. The van der Waals surface area contributed by atoms with Crippen molar-refractivity contribution in [1.82, 2.24) is 78.7 Å². The van der Waals surface area contributed by atoms with Gasteiger partial charge >= 0.3 is 45.6 Å². The zero-order valence-electron chi connectivity index (χ0n) is 21.2. The SMILES string of the molecule is N.N.N.N.N.N.N.N.N.N.N.N.O=P(O)(O)C(N(C(P(=O)(O)O)P(=O)(O)O)C(P(=O)(O)O)P(=O)(O)O)P(=O)(O)O. The molecule has 0 aromatic carbocycles. The molecule has 266 valence electrons. The second-order valence-electron chi connectivity index (χ2n) is 5.02. The predicted octanol–water partition coefficient (Wildman–Crippen LogP) is -0.851. The van der Waals surface area contributed by atoms with E-state index in [1.54, 1.807) is 0 Å². The number of nitrogens with zero attached hydrogens (tertiary/aromatic N) is 1. The Morgan fingerprint density at radius 1 is 0.275 bits per heavy atom. The summed E-state index contributed by atoms with van der Waals surface area (Å²) >= 11 is 0. The van der Waals surface area contributed by atoms with E-state index in [9.17, 15) is 27.4 Å². The molecular weight excluding hydrogens is 692 g/mol. The Morgan fingerprint density at radius 2 is 0.350 bits per heavy atom. The van der Waals surface area contributed by atoms with E-state index >= 15 is 0 Å². The lowest BCUT2D eigenvalue weighted by Gasteiger charge is -2.41. The van der Waals surface area contributed by atoms with Gasteiger partial charge in [0, 0.05) is 0 Å². The zero-order valence-corrected chi connectivity index (χ0v) is 26.5. The Hall–Kier alpha value is 0.380. The van der Waals surface area contributed by atoms with Crippen molar-refractivity contribution in [2.75, 3.05) is 0 Å². The summed E-state index contributed by atoms with van der Waals surface area (Å²) in [5, 5.41) is 0. The first-order valence-electron chi connectivity index (χ1n) is 5.82. The minimum Gasteiger partial charge on any atom is -0.344 e. The second kappa shape index (κ2) is 24.8. The third-order valence-corrected chi connectivity index (χ3v) is 13.2. The van der Waals surface area contributed by atoms with E-state index < -0.39 is 67.0 Å². The van der Waals surface area contributed by atoms with Crippen molar-refractivity contribution in [1.29, 1.82) is 0 Å². The van der Waals surface area contributed by atoms with Gasteiger partial charge in [0.05, 0.1) is 0 Å². The lowest BCUT2D eigenvalue weighted by Crippen LogP contribution is -2.48. The van der Waals surface area contributed by atoms with Crippen LogP contribution in [0.2, 0.25) is 0 Å². The lowest BCUT2D eigenvalue weighted by molar-refractivity contribution is 0.184. The molecule has 0 aliphatic carbocycles. The van der Waals surface area contributed by atoms with Crippen molar-refractivity contribution in [3.05, 3.63) is 0 Å². The number of hydrogen-bond donors (Lipinski definition) is 24. The molecule has 31 nitrogen and oxygen atoms in total. The average Bonchev–Trinajstić information content (AvgIpc) is 2.13. The molecule has 0 saturated heterocycles. The van der Waals surface area contributed by atoms with Crippen molar-refractivity contribution >= 4 is 45.6 Å². The Labute approximate surface area is 227 Å². The molecular formula is C3H51N13O18P6. The second-order valence-corrected chi connectivity index (χ2v) is 16.2. The summed E-state index contributed by atoms with van der Waals surface area (Å²) in [6, 6.07) is 0. The van der Waals surface area contributed by atoms with Crippen LogP contribution in [-0.2, 0) is 27.4 Å². The highest BCUT2D eigenvalue weighted by Gasteiger charge is 2.66. The van der Waals surface area contributed by atoms with Gasteiger partial charge in [-0.1, -0.05) is 0 Å². The highest BCUT2D eigenvalue weighted by atomic mass is 31.3. The first-order chi connectivity index (χ1) is 11.7. The molecule has 0 heterocycles. The first kappa shape index (κ1) is 83.5. The monoisotopic (exact) mass is 743 g/mol. The van der Waals surface area contributed by atoms with E-state index in [-0.39, 0.29) is 73.8 Å². The molecule has 48 N–H and O–H groups in total. The molecule has 0 aliphatic heterocycles. The summed E-state index contributed by atoms with van der Waals surface area (Å²) in [4.78, 5) is 108. The minimum atomic E-state index is -6.55. The van der Waals surface area contributed by atoms with E-state index in [4.69, 9.17) is 58.7 Å². The molecule has 0 fully saturated rings. The summed E-state index contributed by atoms with van der Waals surface area (Å²) < 4.78 is 68.9. The van der Waals surface area contributed by atoms with Crippen molar-refractivity contribution in [2.24, 2.45) is 0 Å². The van der Waals surface area contributed by atoms with Crippen molar-refractivity contribution in [3.8, 4) is 0 Å². The van der Waals surface area contributed by atoms with E-state index in [0.29, 0.717) is 0 Å². The quantitative estimate of drug-likeness (QED) is 0.128. The third kappa shape index (κ3) is 22.9. The fraction of sp³-hybridized carbons (Fsp3) is 1.00. The minimum absolute atomic E-state index is 0. The van der Waals surface area contributed by atoms with Crippen molar-refractivity contribution in [2.45, 2.75) is 16.6 Å². The topological polar surface area (TPSA) is 768 Å². The van der Waals surface area contributed by atoms with Gasteiger partial charge in [0.2, 0.25) is 16.6 Å². The predicted molar refractivity (Wildman–Crippen MR) is 146 cm³/mol.